The summed E-state index contributed by atoms with van der Waals surface area (Å²) in [6.45, 7) is 9.46. The third-order valence-corrected chi connectivity index (χ3v) is 4.05. The Morgan fingerprint density at radius 3 is 1.27 bits per heavy atom. The molecule has 5 radical (unpaired) electrons. The van der Waals surface area contributed by atoms with Crippen LogP contribution in [0.25, 0.3) is 21.5 Å². The summed E-state index contributed by atoms with van der Waals surface area (Å²) in [5, 5.41) is 5.32. The van der Waals surface area contributed by atoms with Crippen molar-refractivity contribution in [1.82, 2.24) is 0 Å². The molecule has 4 aromatic rings. The molecule has 4 rings (SSSR count). The molecule has 0 saturated carbocycles. The molecule has 0 unspecified atom stereocenters. The van der Waals surface area contributed by atoms with Gasteiger partial charge in [-0.25, -0.2) is 0 Å². The summed E-state index contributed by atoms with van der Waals surface area (Å²) in [6.07, 6.45) is 5.54. The fraction of sp³-hybridized carbons (Fsp3) is 0.269. The molecule has 0 saturated heterocycles. The first-order valence-corrected chi connectivity index (χ1v) is 9.76. The molecule has 0 N–H and O–H groups in total. The zero-order chi connectivity index (χ0) is 19.0. The average molecular weight is 538 g/mol. The van der Waals surface area contributed by atoms with Gasteiger partial charge in [-0.15, -0.1) is 84.1 Å². The first-order valence-electron chi connectivity index (χ1n) is 9.76. The predicted molar refractivity (Wildman–Crippen MR) is 140 cm³/mol. The summed E-state index contributed by atoms with van der Waals surface area (Å²) >= 11 is 0. The van der Waals surface area contributed by atoms with Crippen LogP contribution in [0.1, 0.15) is 46.5 Å². The van der Waals surface area contributed by atoms with Crippen LogP contribution in [0.15, 0.2) is 84.9 Å². The van der Waals surface area contributed by atoms with E-state index in [9.17, 15) is 0 Å². The average Bonchev–Trinajstić information content (AvgIpc) is 3.38. The number of rotatable bonds is 3. The first kappa shape index (κ1) is 36.7. The standard InChI is InChI=1S/2C9H7.C6H14.C2H5.2ClH.Si.Zr/c2*1-2-5-9-7-3-6-8(9)4-1;1-3-5-6-4-2;1-2;;;;/h2*1-7H;3-6H2,1-2H3;1H2,2H3;2*1H;;/q2*-1;;-1;;;;+3. The molecule has 0 aromatic heterocycles. The molecule has 161 valence electrons. The molecule has 0 amide bonds. The van der Waals surface area contributed by atoms with Gasteiger partial charge in [0.25, 0.3) is 0 Å². The fourth-order valence-corrected chi connectivity index (χ4v) is 2.64. The minimum atomic E-state index is 0. The van der Waals surface area contributed by atoms with Crippen molar-refractivity contribution in [3.8, 4) is 0 Å². The SMILES string of the molecule is CCCCCC.Cl.Cl.[CH2-]C.[Si].[Zr+3].c1ccc2[cH-]ccc2c1.c1ccc2[cH-]ccc2c1. The molecule has 0 aliphatic carbocycles. The van der Waals surface area contributed by atoms with E-state index in [-0.39, 0.29) is 62.0 Å². The molecule has 0 heterocycles. The van der Waals surface area contributed by atoms with Gasteiger partial charge in [0.1, 0.15) is 0 Å². The zero-order valence-electron chi connectivity index (χ0n) is 18.4. The Labute approximate surface area is 220 Å². The summed E-state index contributed by atoms with van der Waals surface area (Å²) in [7, 11) is 0. The van der Waals surface area contributed by atoms with Crippen LogP contribution in [0.3, 0.4) is 0 Å². The van der Waals surface area contributed by atoms with Crippen molar-refractivity contribution >= 4 is 57.3 Å². The van der Waals surface area contributed by atoms with Crippen LogP contribution < -0.4 is 0 Å². The van der Waals surface area contributed by atoms with Gasteiger partial charge in [-0.3, -0.25) is 0 Å². The minimum Gasteiger partial charge on any atom is -0.346 e. The molecule has 30 heavy (non-hydrogen) atoms. The van der Waals surface area contributed by atoms with Gasteiger partial charge in [0.15, 0.2) is 0 Å². The Balaban J connectivity index is -0.000000156. The van der Waals surface area contributed by atoms with Gasteiger partial charge in [-0.1, -0.05) is 51.7 Å². The number of benzene rings is 2. The number of hydrogen-bond acceptors (Lipinski definition) is 0. The summed E-state index contributed by atoms with van der Waals surface area (Å²) in [5.41, 5.74) is 0. The quantitative estimate of drug-likeness (QED) is 0.139. The summed E-state index contributed by atoms with van der Waals surface area (Å²) < 4.78 is 0. The van der Waals surface area contributed by atoms with E-state index in [0.717, 1.165) is 0 Å². The molecule has 0 spiro atoms. The maximum atomic E-state index is 3.25. The molecular formula is C26H35Cl2SiZr. The van der Waals surface area contributed by atoms with Crippen LogP contribution in [0, 0.1) is 6.92 Å². The second-order valence-electron chi connectivity index (χ2n) is 6.02. The molecule has 0 nitrogen and oxygen atoms in total. The van der Waals surface area contributed by atoms with Crippen molar-refractivity contribution in [2.75, 3.05) is 0 Å². The second kappa shape index (κ2) is 24.6. The first-order chi connectivity index (χ1) is 12.8. The Morgan fingerprint density at radius 1 is 0.633 bits per heavy atom. The second-order valence-corrected chi connectivity index (χ2v) is 6.02. The van der Waals surface area contributed by atoms with E-state index in [1.54, 1.807) is 6.92 Å². The van der Waals surface area contributed by atoms with E-state index in [1.165, 1.54) is 47.2 Å². The van der Waals surface area contributed by atoms with E-state index in [2.05, 4.69) is 106 Å². The maximum Gasteiger partial charge on any atom is 3.00 e. The van der Waals surface area contributed by atoms with Crippen molar-refractivity contribution in [2.24, 2.45) is 0 Å². The third kappa shape index (κ3) is 14.4. The van der Waals surface area contributed by atoms with Crippen LogP contribution >= 0.6 is 24.8 Å². The van der Waals surface area contributed by atoms with E-state index < -0.39 is 0 Å². The minimum absolute atomic E-state index is 0. The fourth-order valence-electron chi connectivity index (χ4n) is 2.64. The smallest absolute Gasteiger partial charge is 0.346 e. The van der Waals surface area contributed by atoms with Gasteiger partial charge >= 0.3 is 26.2 Å². The third-order valence-electron chi connectivity index (χ3n) is 4.05. The molecule has 0 bridgehead atoms. The van der Waals surface area contributed by atoms with Crippen LogP contribution in [-0.2, 0) is 26.2 Å². The van der Waals surface area contributed by atoms with Crippen molar-refractivity contribution < 1.29 is 26.2 Å². The van der Waals surface area contributed by atoms with E-state index >= 15 is 0 Å². The summed E-state index contributed by atoms with van der Waals surface area (Å²) in [4.78, 5) is 0. The van der Waals surface area contributed by atoms with E-state index in [1.807, 2.05) is 0 Å². The van der Waals surface area contributed by atoms with Crippen LogP contribution in [0.2, 0.25) is 0 Å². The molecule has 4 aromatic carbocycles. The Hall–Kier alpha value is -0.660. The van der Waals surface area contributed by atoms with Gasteiger partial charge in [-0.2, -0.15) is 42.0 Å². The van der Waals surface area contributed by atoms with Gasteiger partial charge in [-0.05, 0) is 0 Å². The summed E-state index contributed by atoms with van der Waals surface area (Å²) in [5.74, 6) is 0. The molecule has 0 aliphatic rings. The molecule has 0 atom stereocenters. The largest absolute Gasteiger partial charge is 3.00 e. The van der Waals surface area contributed by atoms with Crippen molar-refractivity contribution in [3.63, 3.8) is 0 Å². The van der Waals surface area contributed by atoms with Crippen molar-refractivity contribution in [2.45, 2.75) is 46.5 Å². The number of halogens is 2. The predicted octanol–water partition coefficient (Wildman–Crippen LogP) is 9.00. The normalized spacial score (nSPS) is 8.13. The van der Waals surface area contributed by atoms with Crippen molar-refractivity contribution in [1.29, 1.82) is 0 Å². The molecule has 4 heteroatoms. The molecular weight excluding hydrogens is 503 g/mol. The number of unbranched alkanes of at least 4 members (excludes halogenated alkanes) is 3. The maximum absolute atomic E-state index is 3.25. The Morgan fingerprint density at radius 2 is 0.967 bits per heavy atom. The Kier molecular flexibility index (Phi) is 30.1. The van der Waals surface area contributed by atoms with Crippen LogP contribution in [-0.4, -0.2) is 11.0 Å². The Bertz CT molecular complexity index is 693. The zero-order valence-corrected chi connectivity index (χ0v) is 23.5. The van der Waals surface area contributed by atoms with E-state index in [0.29, 0.717) is 0 Å². The van der Waals surface area contributed by atoms with Crippen LogP contribution in [0.4, 0.5) is 0 Å². The molecule has 0 aliphatic heterocycles. The van der Waals surface area contributed by atoms with E-state index in [4.69, 9.17) is 0 Å². The molecule has 0 fully saturated rings. The summed E-state index contributed by atoms with van der Waals surface area (Å²) in [6, 6.07) is 29.3. The van der Waals surface area contributed by atoms with Gasteiger partial charge in [0.2, 0.25) is 0 Å². The van der Waals surface area contributed by atoms with Gasteiger partial charge < -0.3 is 6.92 Å². The number of hydrogen-bond donors (Lipinski definition) is 0. The van der Waals surface area contributed by atoms with Crippen LogP contribution in [0.5, 0.6) is 0 Å². The van der Waals surface area contributed by atoms with Gasteiger partial charge in [0.05, 0.1) is 0 Å². The van der Waals surface area contributed by atoms with Gasteiger partial charge in [0, 0.05) is 11.0 Å². The monoisotopic (exact) mass is 535 g/mol. The topological polar surface area (TPSA) is 0 Å². The van der Waals surface area contributed by atoms with Crippen molar-refractivity contribution in [3.05, 3.63) is 91.9 Å². The number of fused-ring (bicyclic) bond motifs is 2.